The van der Waals surface area contributed by atoms with Crippen molar-refractivity contribution in [2.24, 2.45) is 0 Å². The highest BCUT2D eigenvalue weighted by atomic mass is 79.9. The third-order valence-electron chi connectivity index (χ3n) is 2.84. The Bertz CT molecular complexity index is 739. The molecule has 2 aromatic carbocycles. The summed E-state index contributed by atoms with van der Waals surface area (Å²) in [6.07, 6.45) is -1.94. The van der Waals surface area contributed by atoms with Gasteiger partial charge in [-0.2, -0.15) is 13.2 Å². The van der Waals surface area contributed by atoms with Crippen LogP contribution in [0.1, 0.15) is 11.1 Å². The van der Waals surface area contributed by atoms with E-state index in [2.05, 4.69) is 21.2 Å². The first-order chi connectivity index (χ1) is 10.8. The molecule has 0 saturated carbocycles. The van der Waals surface area contributed by atoms with Crippen LogP contribution in [-0.2, 0) is 11.0 Å². The Morgan fingerprint density at radius 3 is 2.35 bits per heavy atom. The number of carbonyl (C=O) groups excluding carboxylic acids is 1. The average molecular weight is 388 g/mol. The van der Waals surface area contributed by atoms with Crippen LogP contribution >= 0.6 is 15.9 Å². The second kappa shape index (κ2) is 6.95. The second-order valence-electron chi connectivity index (χ2n) is 4.57. The van der Waals surface area contributed by atoms with Gasteiger partial charge in [0, 0.05) is 16.2 Å². The topological polar surface area (TPSA) is 29.1 Å². The minimum absolute atomic E-state index is 0.0225. The Labute approximate surface area is 137 Å². The molecule has 0 atom stereocenters. The van der Waals surface area contributed by atoms with Gasteiger partial charge in [-0.1, -0.05) is 28.1 Å². The quantitative estimate of drug-likeness (QED) is 0.564. The summed E-state index contributed by atoms with van der Waals surface area (Å²) < 4.78 is 51.0. The maximum Gasteiger partial charge on any atom is 0.417 e. The Morgan fingerprint density at radius 2 is 1.74 bits per heavy atom. The fourth-order valence-corrected chi connectivity index (χ4v) is 2.22. The fourth-order valence-electron chi connectivity index (χ4n) is 1.75. The summed E-state index contributed by atoms with van der Waals surface area (Å²) in [5.41, 5.74) is -0.263. The van der Waals surface area contributed by atoms with Crippen molar-refractivity contribution in [2.75, 3.05) is 5.32 Å². The fraction of sp³-hybridized carbons (Fsp3) is 0.0625. The maximum atomic E-state index is 12.8. The summed E-state index contributed by atoms with van der Waals surface area (Å²) in [5.74, 6) is -0.995. The van der Waals surface area contributed by atoms with Gasteiger partial charge in [0.05, 0.1) is 5.56 Å². The van der Waals surface area contributed by atoms with Crippen LogP contribution in [0.15, 0.2) is 53.0 Å². The van der Waals surface area contributed by atoms with Crippen LogP contribution in [0.5, 0.6) is 0 Å². The first-order valence-corrected chi connectivity index (χ1v) is 7.16. The van der Waals surface area contributed by atoms with Crippen molar-refractivity contribution in [3.8, 4) is 0 Å². The van der Waals surface area contributed by atoms with Crippen molar-refractivity contribution in [3.63, 3.8) is 0 Å². The number of halogens is 5. The highest BCUT2D eigenvalue weighted by Crippen LogP contribution is 2.36. The van der Waals surface area contributed by atoms with Crippen molar-refractivity contribution >= 4 is 33.6 Å². The van der Waals surface area contributed by atoms with E-state index < -0.39 is 23.5 Å². The third kappa shape index (κ3) is 4.92. The van der Waals surface area contributed by atoms with Gasteiger partial charge in [0.15, 0.2) is 0 Å². The predicted octanol–water partition coefficient (Wildman–Crippen LogP) is 5.26. The molecule has 1 N–H and O–H groups in total. The van der Waals surface area contributed by atoms with Gasteiger partial charge in [-0.15, -0.1) is 0 Å². The van der Waals surface area contributed by atoms with E-state index in [4.69, 9.17) is 0 Å². The van der Waals surface area contributed by atoms with Crippen LogP contribution in [0.25, 0.3) is 6.08 Å². The van der Waals surface area contributed by atoms with Gasteiger partial charge in [0.25, 0.3) is 0 Å². The first kappa shape index (κ1) is 17.2. The summed E-state index contributed by atoms with van der Waals surface area (Å²) in [6, 6.07) is 8.82. The third-order valence-corrected chi connectivity index (χ3v) is 3.53. The molecule has 0 aromatic heterocycles. The Hall–Kier alpha value is -2.15. The number of benzene rings is 2. The van der Waals surface area contributed by atoms with Crippen LogP contribution in [0.3, 0.4) is 0 Å². The predicted molar refractivity (Wildman–Crippen MR) is 83.2 cm³/mol. The van der Waals surface area contributed by atoms with Crippen molar-refractivity contribution in [3.05, 3.63) is 70.0 Å². The zero-order valence-electron chi connectivity index (χ0n) is 11.5. The first-order valence-electron chi connectivity index (χ1n) is 6.37. The minimum Gasteiger partial charge on any atom is -0.322 e. The number of anilines is 1. The number of alkyl halides is 3. The second-order valence-corrected chi connectivity index (χ2v) is 5.42. The Balaban J connectivity index is 2.10. The van der Waals surface area contributed by atoms with E-state index >= 15 is 0 Å². The maximum absolute atomic E-state index is 12.8. The lowest BCUT2D eigenvalue weighted by Gasteiger charge is -2.11. The van der Waals surface area contributed by atoms with E-state index in [0.29, 0.717) is 5.56 Å². The number of hydrogen-bond donors (Lipinski definition) is 1. The molecule has 0 bridgehead atoms. The van der Waals surface area contributed by atoms with E-state index in [1.54, 1.807) is 0 Å². The summed E-state index contributed by atoms with van der Waals surface area (Å²) in [5, 5.41) is 2.34. The minimum atomic E-state index is -4.52. The van der Waals surface area contributed by atoms with Crippen LogP contribution < -0.4 is 5.32 Å². The number of hydrogen-bond acceptors (Lipinski definition) is 1. The van der Waals surface area contributed by atoms with Gasteiger partial charge in [-0.3, -0.25) is 4.79 Å². The molecule has 0 aliphatic carbocycles. The zero-order chi connectivity index (χ0) is 17.0. The highest BCUT2D eigenvalue weighted by molar-refractivity contribution is 9.10. The Morgan fingerprint density at radius 1 is 1.09 bits per heavy atom. The lowest BCUT2D eigenvalue weighted by Crippen LogP contribution is -2.11. The van der Waals surface area contributed by atoms with Crippen LogP contribution in [0.2, 0.25) is 0 Å². The van der Waals surface area contributed by atoms with Crippen LogP contribution in [0, 0.1) is 5.82 Å². The molecule has 23 heavy (non-hydrogen) atoms. The average Bonchev–Trinajstić information content (AvgIpc) is 2.47. The van der Waals surface area contributed by atoms with Crippen molar-refractivity contribution in [1.29, 1.82) is 0 Å². The van der Waals surface area contributed by atoms with Gasteiger partial charge >= 0.3 is 6.18 Å². The van der Waals surface area contributed by atoms with Crippen molar-refractivity contribution in [2.45, 2.75) is 6.18 Å². The molecule has 0 saturated heterocycles. The number of nitrogens with one attached hydrogen (secondary N) is 1. The summed E-state index contributed by atoms with van der Waals surface area (Å²) in [6.45, 7) is 0. The molecule has 0 fully saturated rings. The molecule has 2 nitrogen and oxygen atoms in total. The molecule has 0 unspecified atom stereocenters. The zero-order valence-corrected chi connectivity index (χ0v) is 13.1. The van der Waals surface area contributed by atoms with Gasteiger partial charge in [0.2, 0.25) is 5.91 Å². The molecule has 1 amide bonds. The largest absolute Gasteiger partial charge is 0.417 e. The molecule has 2 rings (SSSR count). The molecule has 7 heteroatoms. The standard InChI is InChI=1S/C16H10BrF4NO/c17-14-7-6-12(9-13(14)16(19,20)21)22-15(23)8-3-10-1-4-11(18)5-2-10/h1-9H,(H,22,23)/b8-3+. The molecule has 0 radical (unpaired) electrons. The molecule has 0 spiro atoms. The molecule has 0 aliphatic rings. The summed E-state index contributed by atoms with van der Waals surface area (Å²) in [7, 11) is 0. The van der Waals surface area contributed by atoms with E-state index in [-0.39, 0.29) is 10.2 Å². The molecule has 120 valence electrons. The van der Waals surface area contributed by atoms with E-state index in [9.17, 15) is 22.4 Å². The molecular weight excluding hydrogens is 378 g/mol. The lowest BCUT2D eigenvalue weighted by atomic mass is 10.2. The van der Waals surface area contributed by atoms with Gasteiger partial charge in [0.1, 0.15) is 5.82 Å². The molecule has 0 aliphatic heterocycles. The summed E-state index contributed by atoms with van der Waals surface area (Å²) >= 11 is 2.82. The normalized spacial score (nSPS) is 11.7. The van der Waals surface area contributed by atoms with Crippen molar-refractivity contribution in [1.82, 2.24) is 0 Å². The number of carbonyl (C=O) groups is 1. The number of amides is 1. The van der Waals surface area contributed by atoms with E-state index in [1.807, 2.05) is 0 Å². The van der Waals surface area contributed by atoms with Gasteiger partial charge < -0.3 is 5.32 Å². The van der Waals surface area contributed by atoms with E-state index in [1.165, 1.54) is 42.5 Å². The summed E-state index contributed by atoms with van der Waals surface area (Å²) in [4.78, 5) is 11.7. The SMILES string of the molecule is O=C(/C=C/c1ccc(F)cc1)Nc1ccc(Br)c(C(F)(F)F)c1. The monoisotopic (exact) mass is 387 g/mol. The van der Waals surface area contributed by atoms with Gasteiger partial charge in [-0.25, -0.2) is 4.39 Å². The van der Waals surface area contributed by atoms with Gasteiger partial charge in [-0.05, 0) is 42.0 Å². The Kier molecular flexibility index (Phi) is 5.20. The molecular formula is C16H10BrF4NO. The lowest BCUT2D eigenvalue weighted by molar-refractivity contribution is -0.138. The molecule has 2 aromatic rings. The molecule has 0 heterocycles. The van der Waals surface area contributed by atoms with E-state index in [0.717, 1.165) is 12.1 Å². The highest BCUT2D eigenvalue weighted by Gasteiger charge is 2.33. The van der Waals surface area contributed by atoms with Crippen molar-refractivity contribution < 1.29 is 22.4 Å². The van der Waals surface area contributed by atoms with Crippen LogP contribution in [-0.4, -0.2) is 5.91 Å². The number of rotatable bonds is 3. The smallest absolute Gasteiger partial charge is 0.322 e. The van der Waals surface area contributed by atoms with Crippen LogP contribution in [0.4, 0.5) is 23.2 Å².